The Morgan fingerprint density at radius 1 is 1.05 bits per heavy atom. The zero-order valence-electron chi connectivity index (χ0n) is 13.4. The first kappa shape index (κ1) is 17.0. The molecule has 0 bridgehead atoms. The number of carbonyl (C=O) groups is 2. The summed E-state index contributed by atoms with van der Waals surface area (Å²) in [5, 5.41) is 8.87. The Morgan fingerprint density at radius 2 is 1.52 bits per heavy atom. The van der Waals surface area contributed by atoms with Gasteiger partial charge in [0.25, 0.3) is 0 Å². The lowest BCUT2D eigenvalue weighted by Crippen LogP contribution is -2.40. The largest absolute Gasteiger partial charge is 0.481 e. The first-order valence-electron chi connectivity index (χ1n) is 6.94. The normalized spacial score (nSPS) is 11.1. The van der Waals surface area contributed by atoms with Crippen LogP contribution in [0.2, 0.25) is 0 Å². The van der Waals surface area contributed by atoms with Crippen LogP contribution in [-0.4, -0.2) is 37.6 Å². The molecule has 0 aliphatic heterocycles. The summed E-state index contributed by atoms with van der Waals surface area (Å²) in [4.78, 5) is 26.8. The Morgan fingerprint density at radius 3 is 1.90 bits per heavy atom. The molecule has 0 spiro atoms. The molecule has 0 saturated heterocycles. The predicted molar refractivity (Wildman–Crippen MR) is 84.8 cm³/mol. The molecule has 1 amide bonds. The third-order valence-electron chi connectivity index (χ3n) is 3.11. The van der Waals surface area contributed by atoms with Gasteiger partial charge >= 0.3 is 5.97 Å². The fraction of sp³-hybridized carbons (Fsp3) is 0.500. The summed E-state index contributed by atoms with van der Waals surface area (Å²) in [7, 11) is 3.88. The minimum absolute atomic E-state index is 0.0722. The van der Waals surface area contributed by atoms with Gasteiger partial charge < -0.3 is 14.9 Å². The van der Waals surface area contributed by atoms with E-state index in [2.05, 4.69) is 0 Å². The smallest absolute Gasteiger partial charge is 0.305 e. The maximum atomic E-state index is 12.5. The van der Waals surface area contributed by atoms with Gasteiger partial charge in [-0.05, 0) is 24.3 Å². The first-order valence-corrected chi connectivity index (χ1v) is 6.94. The van der Waals surface area contributed by atoms with Gasteiger partial charge in [0, 0.05) is 37.4 Å². The maximum absolute atomic E-state index is 12.5. The van der Waals surface area contributed by atoms with Gasteiger partial charge in [-0.25, -0.2) is 0 Å². The van der Waals surface area contributed by atoms with Crippen LogP contribution in [-0.2, 0) is 9.59 Å². The molecule has 21 heavy (non-hydrogen) atoms. The van der Waals surface area contributed by atoms with Crippen molar-refractivity contribution in [3.8, 4) is 0 Å². The van der Waals surface area contributed by atoms with Gasteiger partial charge in [0.2, 0.25) is 5.91 Å². The highest BCUT2D eigenvalue weighted by molar-refractivity contribution is 5.97. The molecule has 1 rings (SSSR count). The van der Waals surface area contributed by atoms with Crippen LogP contribution in [0.25, 0.3) is 0 Å². The van der Waals surface area contributed by atoms with Crippen molar-refractivity contribution in [3.63, 3.8) is 0 Å². The molecule has 0 unspecified atom stereocenters. The minimum Gasteiger partial charge on any atom is -0.481 e. The predicted octanol–water partition coefficient (Wildman–Crippen LogP) is 2.61. The van der Waals surface area contributed by atoms with Crippen molar-refractivity contribution in [2.75, 3.05) is 30.4 Å². The molecule has 116 valence electrons. The average molecular weight is 292 g/mol. The maximum Gasteiger partial charge on any atom is 0.305 e. The second-order valence-electron chi connectivity index (χ2n) is 6.26. The van der Waals surface area contributed by atoms with Crippen molar-refractivity contribution in [2.45, 2.75) is 27.2 Å². The number of rotatable bonds is 5. The molecule has 1 N–H and O–H groups in total. The van der Waals surface area contributed by atoms with Crippen molar-refractivity contribution in [1.82, 2.24) is 0 Å². The minimum atomic E-state index is -0.911. The second kappa shape index (κ2) is 6.61. The molecule has 0 atom stereocenters. The topological polar surface area (TPSA) is 60.9 Å². The monoisotopic (exact) mass is 292 g/mol. The standard InChI is InChI=1S/C16H24N2O3/c1-16(2,3)15(21)18(11-10-14(19)20)13-8-6-12(7-9-13)17(4)5/h6-9H,10-11H2,1-5H3,(H,19,20). The van der Waals surface area contributed by atoms with Crippen LogP contribution in [0.4, 0.5) is 11.4 Å². The lowest BCUT2D eigenvalue weighted by molar-refractivity contribution is -0.136. The number of benzene rings is 1. The third kappa shape index (κ3) is 4.77. The van der Waals surface area contributed by atoms with Crippen LogP contribution in [0.5, 0.6) is 0 Å². The number of carboxylic acid groups (broad SMARTS) is 1. The van der Waals surface area contributed by atoms with E-state index in [4.69, 9.17) is 5.11 Å². The lowest BCUT2D eigenvalue weighted by atomic mass is 9.94. The van der Waals surface area contributed by atoms with E-state index in [0.717, 1.165) is 11.4 Å². The van der Waals surface area contributed by atoms with E-state index in [1.165, 1.54) is 0 Å². The van der Waals surface area contributed by atoms with Gasteiger partial charge in [0.1, 0.15) is 0 Å². The molecule has 5 nitrogen and oxygen atoms in total. The highest BCUT2D eigenvalue weighted by atomic mass is 16.4. The Balaban J connectivity index is 3.05. The molecule has 0 aromatic heterocycles. The summed E-state index contributed by atoms with van der Waals surface area (Å²) in [5.41, 5.74) is 1.19. The van der Waals surface area contributed by atoms with E-state index in [-0.39, 0.29) is 18.9 Å². The van der Waals surface area contributed by atoms with E-state index < -0.39 is 11.4 Å². The third-order valence-corrected chi connectivity index (χ3v) is 3.11. The van der Waals surface area contributed by atoms with Crippen molar-refractivity contribution < 1.29 is 14.7 Å². The molecule has 0 heterocycles. The summed E-state index contributed by atoms with van der Waals surface area (Å²) in [6.07, 6.45) is -0.0722. The van der Waals surface area contributed by atoms with Crippen LogP contribution in [0.15, 0.2) is 24.3 Å². The number of hydrogen-bond donors (Lipinski definition) is 1. The summed E-state index contributed by atoms with van der Waals surface area (Å²) < 4.78 is 0. The quantitative estimate of drug-likeness (QED) is 0.906. The molecule has 5 heteroatoms. The van der Waals surface area contributed by atoms with Gasteiger partial charge in [-0.2, -0.15) is 0 Å². The molecule has 0 fully saturated rings. The number of carbonyl (C=O) groups excluding carboxylic acids is 1. The first-order chi connectivity index (χ1) is 9.62. The SMILES string of the molecule is CN(C)c1ccc(N(CCC(=O)O)C(=O)C(C)(C)C)cc1. The molecule has 0 aliphatic rings. The number of anilines is 2. The fourth-order valence-corrected chi connectivity index (χ4v) is 1.89. The molecule has 0 radical (unpaired) electrons. The number of nitrogens with zero attached hydrogens (tertiary/aromatic N) is 2. The number of hydrogen-bond acceptors (Lipinski definition) is 3. The van der Waals surface area contributed by atoms with E-state index >= 15 is 0 Å². The Kier molecular flexibility index (Phi) is 5.35. The fourth-order valence-electron chi connectivity index (χ4n) is 1.89. The van der Waals surface area contributed by atoms with Crippen LogP contribution in [0, 0.1) is 5.41 Å². The second-order valence-corrected chi connectivity index (χ2v) is 6.26. The van der Waals surface area contributed by atoms with Gasteiger partial charge in [0.05, 0.1) is 6.42 Å². The highest BCUT2D eigenvalue weighted by Crippen LogP contribution is 2.25. The zero-order valence-corrected chi connectivity index (χ0v) is 13.4. The summed E-state index contributed by atoms with van der Waals surface area (Å²) >= 11 is 0. The Labute approximate surface area is 126 Å². The molecule has 0 saturated carbocycles. The van der Waals surface area contributed by atoms with E-state index in [1.807, 2.05) is 64.0 Å². The van der Waals surface area contributed by atoms with Crippen molar-refractivity contribution in [2.24, 2.45) is 5.41 Å². The van der Waals surface area contributed by atoms with E-state index in [9.17, 15) is 9.59 Å². The molecular weight excluding hydrogens is 268 g/mol. The van der Waals surface area contributed by atoms with Crippen molar-refractivity contribution >= 4 is 23.3 Å². The molecular formula is C16H24N2O3. The number of carboxylic acids is 1. The lowest BCUT2D eigenvalue weighted by Gasteiger charge is -2.29. The highest BCUT2D eigenvalue weighted by Gasteiger charge is 2.28. The van der Waals surface area contributed by atoms with E-state index in [0.29, 0.717) is 0 Å². The molecule has 0 aliphatic carbocycles. The number of aliphatic carboxylic acids is 1. The van der Waals surface area contributed by atoms with Crippen LogP contribution >= 0.6 is 0 Å². The van der Waals surface area contributed by atoms with Gasteiger partial charge in [-0.15, -0.1) is 0 Å². The summed E-state index contributed by atoms with van der Waals surface area (Å²) in [5.74, 6) is -0.993. The van der Waals surface area contributed by atoms with Gasteiger partial charge in [-0.1, -0.05) is 20.8 Å². The van der Waals surface area contributed by atoms with Crippen molar-refractivity contribution in [3.05, 3.63) is 24.3 Å². The van der Waals surface area contributed by atoms with E-state index in [1.54, 1.807) is 4.90 Å². The van der Waals surface area contributed by atoms with Crippen LogP contribution in [0.1, 0.15) is 27.2 Å². The molecule has 1 aromatic carbocycles. The summed E-state index contributed by atoms with van der Waals surface area (Å²) in [6.45, 7) is 5.67. The van der Waals surface area contributed by atoms with Crippen LogP contribution < -0.4 is 9.80 Å². The van der Waals surface area contributed by atoms with Gasteiger partial charge in [-0.3, -0.25) is 9.59 Å². The Bertz CT molecular complexity index is 501. The van der Waals surface area contributed by atoms with Gasteiger partial charge in [0.15, 0.2) is 0 Å². The average Bonchev–Trinajstić information content (AvgIpc) is 2.37. The zero-order chi connectivity index (χ0) is 16.2. The number of amides is 1. The Hall–Kier alpha value is -2.04. The summed E-state index contributed by atoms with van der Waals surface area (Å²) in [6, 6.07) is 7.53. The van der Waals surface area contributed by atoms with Crippen LogP contribution in [0.3, 0.4) is 0 Å². The molecule has 1 aromatic rings. The van der Waals surface area contributed by atoms with Crippen molar-refractivity contribution in [1.29, 1.82) is 0 Å².